The maximum absolute atomic E-state index is 5.42. The molecule has 0 saturated heterocycles. The molecule has 1 aromatic heterocycles. The van der Waals surface area contributed by atoms with E-state index in [-0.39, 0.29) is 0 Å². The Morgan fingerprint density at radius 1 is 1.24 bits per heavy atom. The van der Waals surface area contributed by atoms with Crippen LogP contribution in [0.15, 0.2) is 51.6 Å². The van der Waals surface area contributed by atoms with E-state index in [4.69, 9.17) is 4.42 Å². The number of furan rings is 1. The van der Waals surface area contributed by atoms with Crippen molar-refractivity contribution >= 4 is 15.9 Å². The van der Waals surface area contributed by atoms with E-state index < -0.39 is 0 Å². The Morgan fingerprint density at radius 2 is 2.00 bits per heavy atom. The summed E-state index contributed by atoms with van der Waals surface area (Å²) in [7, 11) is 1.98. The number of benzene rings is 1. The molecule has 0 radical (unpaired) electrons. The Hall–Kier alpha value is -1.06. The van der Waals surface area contributed by atoms with Gasteiger partial charge in [0.1, 0.15) is 5.76 Å². The van der Waals surface area contributed by atoms with Crippen LogP contribution in [0, 0.1) is 0 Å². The van der Waals surface area contributed by atoms with Crippen molar-refractivity contribution in [2.45, 2.75) is 12.3 Å². The van der Waals surface area contributed by atoms with Gasteiger partial charge in [-0.05, 0) is 36.9 Å². The predicted molar refractivity (Wildman–Crippen MR) is 73.2 cm³/mol. The molecule has 1 N–H and O–H groups in total. The van der Waals surface area contributed by atoms with Crippen molar-refractivity contribution in [2.75, 3.05) is 13.6 Å². The van der Waals surface area contributed by atoms with Crippen LogP contribution < -0.4 is 5.32 Å². The van der Waals surface area contributed by atoms with E-state index in [9.17, 15) is 0 Å². The molecule has 0 aliphatic carbocycles. The zero-order valence-corrected chi connectivity index (χ0v) is 11.4. The second-order valence-corrected chi connectivity index (χ2v) is 5.01. The van der Waals surface area contributed by atoms with Crippen LogP contribution in [-0.4, -0.2) is 13.6 Å². The molecule has 1 aromatic carbocycles. The summed E-state index contributed by atoms with van der Waals surface area (Å²) in [6.07, 6.45) is 2.66. The van der Waals surface area contributed by atoms with Crippen molar-refractivity contribution in [1.82, 2.24) is 5.32 Å². The summed E-state index contributed by atoms with van der Waals surface area (Å²) in [5.41, 5.74) is 1.33. The van der Waals surface area contributed by atoms with E-state index in [1.807, 2.05) is 19.2 Å². The highest BCUT2D eigenvalue weighted by molar-refractivity contribution is 9.10. The van der Waals surface area contributed by atoms with E-state index in [2.05, 4.69) is 45.5 Å². The molecule has 90 valence electrons. The van der Waals surface area contributed by atoms with Gasteiger partial charge in [-0.25, -0.2) is 0 Å². The Labute approximate surface area is 110 Å². The normalized spacial score (nSPS) is 12.6. The number of nitrogens with one attached hydrogen (secondary N) is 1. The third-order valence-electron chi connectivity index (χ3n) is 2.82. The Kier molecular flexibility index (Phi) is 4.40. The lowest BCUT2D eigenvalue weighted by atomic mass is 9.94. The Balaban J connectivity index is 2.13. The lowest BCUT2D eigenvalue weighted by molar-refractivity contribution is 0.479. The monoisotopic (exact) mass is 293 g/mol. The lowest BCUT2D eigenvalue weighted by Gasteiger charge is -2.15. The van der Waals surface area contributed by atoms with Gasteiger partial charge in [0.05, 0.1) is 6.26 Å². The van der Waals surface area contributed by atoms with Crippen LogP contribution in [-0.2, 0) is 6.42 Å². The van der Waals surface area contributed by atoms with E-state index in [0.717, 1.165) is 23.2 Å². The fourth-order valence-electron chi connectivity index (χ4n) is 1.96. The molecule has 1 atom stereocenters. The Morgan fingerprint density at radius 3 is 2.59 bits per heavy atom. The van der Waals surface area contributed by atoms with Gasteiger partial charge in [-0.3, -0.25) is 0 Å². The summed E-state index contributed by atoms with van der Waals surface area (Å²) in [6, 6.07) is 12.5. The first kappa shape index (κ1) is 12.4. The SMILES string of the molecule is CNCC(Cc1ccco1)c1ccc(Br)cc1. The Bertz CT molecular complexity index is 436. The van der Waals surface area contributed by atoms with Crippen LogP contribution in [0.3, 0.4) is 0 Å². The van der Waals surface area contributed by atoms with E-state index in [0.29, 0.717) is 5.92 Å². The summed E-state index contributed by atoms with van der Waals surface area (Å²) < 4.78 is 6.53. The summed E-state index contributed by atoms with van der Waals surface area (Å²) in [6.45, 7) is 0.947. The van der Waals surface area contributed by atoms with Gasteiger partial charge in [0.2, 0.25) is 0 Å². The molecule has 0 aliphatic heterocycles. The average molecular weight is 294 g/mol. The molecule has 0 aliphatic rings. The molecule has 0 bridgehead atoms. The van der Waals surface area contributed by atoms with Gasteiger partial charge in [0.15, 0.2) is 0 Å². The molecule has 1 unspecified atom stereocenters. The number of hydrogen-bond acceptors (Lipinski definition) is 2. The molecular formula is C14H16BrNO. The van der Waals surface area contributed by atoms with Crippen LogP contribution in [0.25, 0.3) is 0 Å². The minimum absolute atomic E-state index is 0.444. The molecule has 2 rings (SSSR count). The molecule has 2 aromatic rings. The predicted octanol–water partition coefficient (Wildman–Crippen LogP) is 3.59. The molecule has 3 heteroatoms. The number of likely N-dealkylation sites (N-methyl/N-ethyl adjacent to an activating group) is 1. The molecule has 0 fully saturated rings. The quantitative estimate of drug-likeness (QED) is 0.911. The molecule has 1 heterocycles. The van der Waals surface area contributed by atoms with Gasteiger partial charge in [-0.1, -0.05) is 28.1 Å². The highest BCUT2D eigenvalue weighted by Gasteiger charge is 2.12. The van der Waals surface area contributed by atoms with Crippen molar-refractivity contribution in [3.63, 3.8) is 0 Å². The largest absolute Gasteiger partial charge is 0.469 e. The standard InChI is InChI=1S/C14H16BrNO/c1-16-10-12(9-14-3-2-8-17-14)11-4-6-13(15)7-5-11/h2-8,12,16H,9-10H2,1H3. The first-order chi connectivity index (χ1) is 8.29. The van der Waals surface area contributed by atoms with Gasteiger partial charge >= 0.3 is 0 Å². The van der Waals surface area contributed by atoms with Crippen LogP contribution in [0.5, 0.6) is 0 Å². The number of halogens is 1. The van der Waals surface area contributed by atoms with Crippen molar-refractivity contribution in [3.05, 3.63) is 58.5 Å². The fraction of sp³-hybridized carbons (Fsp3) is 0.286. The van der Waals surface area contributed by atoms with Crippen LogP contribution in [0.4, 0.5) is 0 Å². The first-order valence-electron chi connectivity index (χ1n) is 5.72. The second kappa shape index (κ2) is 6.03. The summed E-state index contributed by atoms with van der Waals surface area (Å²) >= 11 is 3.46. The van der Waals surface area contributed by atoms with Gasteiger partial charge in [-0.2, -0.15) is 0 Å². The third kappa shape index (κ3) is 3.45. The molecular weight excluding hydrogens is 278 g/mol. The maximum atomic E-state index is 5.42. The fourth-order valence-corrected chi connectivity index (χ4v) is 2.23. The summed E-state index contributed by atoms with van der Waals surface area (Å²) in [4.78, 5) is 0. The van der Waals surface area contributed by atoms with Crippen molar-refractivity contribution in [2.24, 2.45) is 0 Å². The van der Waals surface area contributed by atoms with Crippen molar-refractivity contribution < 1.29 is 4.42 Å². The zero-order valence-electron chi connectivity index (χ0n) is 9.82. The molecule has 0 amide bonds. The van der Waals surface area contributed by atoms with Crippen LogP contribution in [0.2, 0.25) is 0 Å². The van der Waals surface area contributed by atoms with Crippen LogP contribution >= 0.6 is 15.9 Å². The van der Waals surface area contributed by atoms with E-state index in [1.165, 1.54) is 5.56 Å². The van der Waals surface area contributed by atoms with Gasteiger partial charge in [0, 0.05) is 23.4 Å². The highest BCUT2D eigenvalue weighted by Crippen LogP contribution is 2.22. The second-order valence-electron chi connectivity index (χ2n) is 4.09. The van der Waals surface area contributed by atoms with Crippen LogP contribution in [0.1, 0.15) is 17.2 Å². The highest BCUT2D eigenvalue weighted by atomic mass is 79.9. The molecule has 2 nitrogen and oxygen atoms in total. The van der Waals surface area contributed by atoms with Gasteiger partial charge in [0.25, 0.3) is 0 Å². The molecule has 17 heavy (non-hydrogen) atoms. The minimum atomic E-state index is 0.444. The number of hydrogen-bond donors (Lipinski definition) is 1. The minimum Gasteiger partial charge on any atom is -0.469 e. The van der Waals surface area contributed by atoms with Gasteiger partial charge < -0.3 is 9.73 Å². The third-order valence-corrected chi connectivity index (χ3v) is 3.35. The average Bonchev–Trinajstić information content (AvgIpc) is 2.82. The maximum Gasteiger partial charge on any atom is 0.104 e. The summed E-state index contributed by atoms with van der Waals surface area (Å²) in [5.74, 6) is 1.48. The first-order valence-corrected chi connectivity index (χ1v) is 6.51. The van der Waals surface area contributed by atoms with Gasteiger partial charge in [-0.15, -0.1) is 0 Å². The zero-order chi connectivity index (χ0) is 12.1. The smallest absolute Gasteiger partial charge is 0.104 e. The lowest BCUT2D eigenvalue weighted by Crippen LogP contribution is -2.19. The van der Waals surface area contributed by atoms with Crippen molar-refractivity contribution in [3.8, 4) is 0 Å². The topological polar surface area (TPSA) is 25.2 Å². The molecule has 0 spiro atoms. The molecule has 0 saturated carbocycles. The van der Waals surface area contributed by atoms with Crippen molar-refractivity contribution in [1.29, 1.82) is 0 Å². The number of rotatable bonds is 5. The van der Waals surface area contributed by atoms with E-state index >= 15 is 0 Å². The van der Waals surface area contributed by atoms with E-state index in [1.54, 1.807) is 6.26 Å². The summed E-state index contributed by atoms with van der Waals surface area (Å²) in [5, 5.41) is 3.24.